The van der Waals surface area contributed by atoms with Crippen molar-refractivity contribution in [2.75, 3.05) is 0 Å². The Morgan fingerprint density at radius 3 is 2.67 bits per heavy atom. The molecule has 0 bridgehead atoms. The summed E-state index contributed by atoms with van der Waals surface area (Å²) in [5.41, 5.74) is 6.91. The van der Waals surface area contributed by atoms with Crippen molar-refractivity contribution >= 4 is 0 Å². The Labute approximate surface area is 89.9 Å². The van der Waals surface area contributed by atoms with E-state index in [0.717, 1.165) is 6.42 Å². The summed E-state index contributed by atoms with van der Waals surface area (Å²) in [5.74, 6) is -0.281. The van der Waals surface area contributed by atoms with Gasteiger partial charge >= 0.3 is 0 Å². The van der Waals surface area contributed by atoms with Crippen LogP contribution in [0, 0.1) is 12.7 Å². The normalized spacial score (nSPS) is 15.0. The molecule has 84 valence electrons. The van der Waals surface area contributed by atoms with Crippen LogP contribution in [-0.4, -0.2) is 11.1 Å². The second-order valence-electron chi connectivity index (χ2n) is 3.93. The second-order valence-corrected chi connectivity index (χ2v) is 3.93. The smallest absolute Gasteiger partial charge is 0.126 e. The number of aryl methyl sites for hydroxylation is 1. The zero-order chi connectivity index (χ0) is 11.4. The minimum atomic E-state index is -0.671. The number of hydrogen-bond donors (Lipinski definition) is 2. The lowest BCUT2D eigenvalue weighted by Crippen LogP contribution is -2.21. The Balaban J connectivity index is 2.73. The highest BCUT2D eigenvalue weighted by molar-refractivity contribution is 5.24. The van der Waals surface area contributed by atoms with Crippen LogP contribution < -0.4 is 5.73 Å². The molecule has 1 aromatic carbocycles. The Morgan fingerprint density at radius 1 is 1.47 bits per heavy atom. The first kappa shape index (κ1) is 12.1. The summed E-state index contributed by atoms with van der Waals surface area (Å²) in [6.45, 7) is 3.66. The van der Waals surface area contributed by atoms with Crippen LogP contribution in [0.4, 0.5) is 4.39 Å². The summed E-state index contributed by atoms with van der Waals surface area (Å²) in [6, 6.07) is 4.75. The van der Waals surface area contributed by atoms with Gasteiger partial charge in [-0.25, -0.2) is 4.39 Å². The van der Waals surface area contributed by atoms with Gasteiger partial charge in [-0.3, -0.25) is 0 Å². The molecule has 2 unspecified atom stereocenters. The summed E-state index contributed by atoms with van der Waals surface area (Å²) in [4.78, 5) is 0. The van der Waals surface area contributed by atoms with E-state index in [1.54, 1.807) is 19.1 Å². The predicted molar refractivity (Wildman–Crippen MR) is 59.0 cm³/mol. The van der Waals surface area contributed by atoms with Crippen molar-refractivity contribution in [2.24, 2.45) is 5.73 Å². The minimum absolute atomic E-state index is 0.0376. The standard InChI is InChI=1S/C12H18FNO/c1-3-10(14)7-12(15)9-5-4-8(2)11(13)6-9/h4-6,10,12,15H,3,7,14H2,1-2H3. The quantitative estimate of drug-likeness (QED) is 0.802. The van der Waals surface area contributed by atoms with E-state index >= 15 is 0 Å². The van der Waals surface area contributed by atoms with Gasteiger partial charge in [0.1, 0.15) is 5.82 Å². The van der Waals surface area contributed by atoms with Gasteiger partial charge in [-0.2, -0.15) is 0 Å². The molecule has 0 amide bonds. The van der Waals surface area contributed by atoms with E-state index in [9.17, 15) is 9.50 Å². The molecule has 0 fully saturated rings. The molecule has 0 aromatic heterocycles. The summed E-state index contributed by atoms with van der Waals surface area (Å²) >= 11 is 0. The number of halogens is 1. The maximum atomic E-state index is 13.2. The monoisotopic (exact) mass is 211 g/mol. The number of aliphatic hydroxyl groups is 1. The van der Waals surface area contributed by atoms with Crippen LogP contribution in [0.1, 0.15) is 37.0 Å². The predicted octanol–water partition coefficient (Wildman–Crippen LogP) is 2.29. The molecule has 2 atom stereocenters. The van der Waals surface area contributed by atoms with Crippen LogP contribution in [0.25, 0.3) is 0 Å². The van der Waals surface area contributed by atoms with Crippen molar-refractivity contribution in [1.29, 1.82) is 0 Å². The average molecular weight is 211 g/mol. The lowest BCUT2D eigenvalue weighted by molar-refractivity contribution is 0.156. The first-order valence-electron chi connectivity index (χ1n) is 5.24. The SMILES string of the molecule is CCC(N)CC(O)c1ccc(C)c(F)c1. The zero-order valence-electron chi connectivity index (χ0n) is 9.20. The van der Waals surface area contributed by atoms with Gasteiger partial charge in [0.05, 0.1) is 6.10 Å². The summed E-state index contributed by atoms with van der Waals surface area (Å²) < 4.78 is 13.2. The molecule has 0 heterocycles. The number of aliphatic hydroxyl groups excluding tert-OH is 1. The summed E-state index contributed by atoms with van der Waals surface area (Å²) in [7, 11) is 0. The lowest BCUT2D eigenvalue weighted by atomic mass is 10.00. The third-order valence-corrected chi connectivity index (χ3v) is 2.63. The molecule has 0 spiro atoms. The van der Waals surface area contributed by atoms with Crippen molar-refractivity contribution in [2.45, 2.75) is 38.8 Å². The number of rotatable bonds is 4. The van der Waals surface area contributed by atoms with Crippen LogP contribution in [0.15, 0.2) is 18.2 Å². The van der Waals surface area contributed by atoms with E-state index < -0.39 is 6.10 Å². The van der Waals surface area contributed by atoms with E-state index in [2.05, 4.69) is 0 Å². The van der Waals surface area contributed by atoms with E-state index in [1.165, 1.54) is 6.07 Å². The lowest BCUT2D eigenvalue weighted by Gasteiger charge is -2.15. The Bertz CT molecular complexity index is 327. The molecule has 0 radical (unpaired) electrons. The zero-order valence-corrected chi connectivity index (χ0v) is 9.20. The maximum Gasteiger partial charge on any atom is 0.126 e. The molecule has 1 rings (SSSR count). The van der Waals surface area contributed by atoms with Gasteiger partial charge in [0.25, 0.3) is 0 Å². The molecule has 1 aromatic rings. The fraction of sp³-hybridized carbons (Fsp3) is 0.500. The summed E-state index contributed by atoms with van der Waals surface area (Å²) in [6.07, 6.45) is 0.611. The van der Waals surface area contributed by atoms with Crippen molar-refractivity contribution in [3.05, 3.63) is 35.1 Å². The average Bonchev–Trinajstić information content (AvgIpc) is 2.21. The molecule has 2 nitrogen and oxygen atoms in total. The first-order chi connectivity index (χ1) is 7.04. The molecule has 0 aliphatic carbocycles. The number of hydrogen-bond acceptors (Lipinski definition) is 2. The third kappa shape index (κ3) is 3.29. The van der Waals surface area contributed by atoms with Crippen molar-refractivity contribution in [3.63, 3.8) is 0 Å². The second kappa shape index (κ2) is 5.24. The van der Waals surface area contributed by atoms with Crippen molar-refractivity contribution in [3.8, 4) is 0 Å². The van der Waals surface area contributed by atoms with Gasteiger partial charge < -0.3 is 10.8 Å². The molecule has 3 heteroatoms. The molecule has 15 heavy (non-hydrogen) atoms. The van der Waals surface area contributed by atoms with Crippen LogP contribution in [0.2, 0.25) is 0 Å². The highest BCUT2D eigenvalue weighted by atomic mass is 19.1. The van der Waals surface area contributed by atoms with E-state index in [-0.39, 0.29) is 11.9 Å². The van der Waals surface area contributed by atoms with Gasteiger partial charge in [0, 0.05) is 6.04 Å². The van der Waals surface area contributed by atoms with Crippen LogP contribution in [-0.2, 0) is 0 Å². The topological polar surface area (TPSA) is 46.2 Å². The van der Waals surface area contributed by atoms with Crippen molar-refractivity contribution in [1.82, 2.24) is 0 Å². The van der Waals surface area contributed by atoms with E-state index in [4.69, 9.17) is 5.73 Å². The van der Waals surface area contributed by atoms with Gasteiger partial charge in [-0.05, 0) is 37.0 Å². The number of benzene rings is 1. The molecular weight excluding hydrogens is 193 g/mol. The highest BCUT2D eigenvalue weighted by Crippen LogP contribution is 2.20. The van der Waals surface area contributed by atoms with Crippen LogP contribution in [0.3, 0.4) is 0 Å². The Hall–Kier alpha value is -0.930. The Morgan fingerprint density at radius 2 is 2.13 bits per heavy atom. The van der Waals surface area contributed by atoms with Gasteiger partial charge in [-0.15, -0.1) is 0 Å². The van der Waals surface area contributed by atoms with E-state index in [0.29, 0.717) is 17.5 Å². The molecule has 0 aliphatic rings. The molecule has 3 N–H and O–H groups in total. The van der Waals surface area contributed by atoms with Gasteiger partial charge in [0.15, 0.2) is 0 Å². The molecule has 0 saturated carbocycles. The van der Waals surface area contributed by atoms with Crippen LogP contribution in [0.5, 0.6) is 0 Å². The van der Waals surface area contributed by atoms with Crippen molar-refractivity contribution < 1.29 is 9.50 Å². The summed E-state index contributed by atoms with van der Waals surface area (Å²) in [5, 5.41) is 9.79. The largest absolute Gasteiger partial charge is 0.388 e. The molecule has 0 aliphatic heterocycles. The van der Waals surface area contributed by atoms with Gasteiger partial charge in [-0.1, -0.05) is 19.1 Å². The third-order valence-electron chi connectivity index (χ3n) is 2.63. The molecular formula is C12H18FNO. The first-order valence-corrected chi connectivity index (χ1v) is 5.24. The minimum Gasteiger partial charge on any atom is -0.388 e. The molecule has 0 saturated heterocycles. The fourth-order valence-electron chi connectivity index (χ4n) is 1.41. The Kier molecular flexibility index (Phi) is 4.24. The maximum absolute atomic E-state index is 13.2. The van der Waals surface area contributed by atoms with E-state index in [1.807, 2.05) is 6.92 Å². The van der Waals surface area contributed by atoms with Crippen LogP contribution >= 0.6 is 0 Å². The highest BCUT2D eigenvalue weighted by Gasteiger charge is 2.12. The fourth-order valence-corrected chi connectivity index (χ4v) is 1.41. The number of nitrogens with two attached hydrogens (primary N) is 1. The van der Waals surface area contributed by atoms with Gasteiger partial charge in [0.2, 0.25) is 0 Å².